The second-order valence-corrected chi connectivity index (χ2v) is 7.90. The average molecular weight is 430 g/mol. The fourth-order valence-corrected chi connectivity index (χ4v) is 3.62. The molecule has 0 aliphatic heterocycles. The number of benzene rings is 3. The fourth-order valence-electron chi connectivity index (χ4n) is 3.62. The Balaban J connectivity index is 1.60. The highest BCUT2D eigenvalue weighted by Crippen LogP contribution is 2.34. The third-order valence-corrected chi connectivity index (χ3v) is 5.12. The van der Waals surface area contributed by atoms with Crippen LogP contribution in [0.25, 0.3) is 21.8 Å². The second kappa shape index (κ2) is 9.56. The van der Waals surface area contributed by atoms with Crippen LogP contribution in [0.4, 0.5) is 16.2 Å². The molecule has 0 bridgehead atoms. The Labute approximate surface area is 187 Å². The summed E-state index contributed by atoms with van der Waals surface area (Å²) in [5, 5.41) is 8.38. The van der Waals surface area contributed by atoms with Gasteiger partial charge in [-0.3, -0.25) is 0 Å². The maximum Gasteiger partial charge on any atom is 0.407 e. The molecule has 1 heterocycles. The predicted molar refractivity (Wildman–Crippen MR) is 129 cm³/mol. The number of nitrogens with one attached hydrogen (secondary N) is 2. The smallest absolute Gasteiger partial charge is 0.407 e. The van der Waals surface area contributed by atoms with E-state index >= 15 is 0 Å². The minimum Gasteiger partial charge on any atom is -0.497 e. The van der Waals surface area contributed by atoms with Gasteiger partial charge in [-0.1, -0.05) is 30.3 Å². The zero-order chi connectivity index (χ0) is 22.5. The first-order valence-corrected chi connectivity index (χ1v) is 10.7. The number of aromatic nitrogens is 1. The highest BCUT2D eigenvalue weighted by atomic mass is 16.5. The lowest BCUT2D eigenvalue weighted by Gasteiger charge is -2.15. The minimum absolute atomic E-state index is 0.0556. The van der Waals surface area contributed by atoms with Gasteiger partial charge in [-0.2, -0.15) is 0 Å². The summed E-state index contributed by atoms with van der Waals surface area (Å²) in [6, 6.07) is 22.2. The van der Waals surface area contributed by atoms with Gasteiger partial charge in [0.25, 0.3) is 0 Å². The standard InChI is InChI=1S/C26H27N3O3/c1-17(2)27-26(30)32-14-13-18-7-6-8-19(15-18)28-25-21-9-4-5-10-23(21)29-24-16-20(31-3)11-12-22(24)25/h4-12,15-17H,13-14H2,1-3H3,(H,27,30)(H,28,29). The van der Waals surface area contributed by atoms with Gasteiger partial charge in [-0.05, 0) is 49.7 Å². The van der Waals surface area contributed by atoms with Gasteiger partial charge in [-0.15, -0.1) is 0 Å². The van der Waals surface area contributed by atoms with Crippen molar-refractivity contribution >= 4 is 39.3 Å². The molecule has 3 aromatic carbocycles. The first kappa shape index (κ1) is 21.4. The van der Waals surface area contributed by atoms with Gasteiger partial charge in [0.1, 0.15) is 5.75 Å². The number of carbonyl (C=O) groups excluding carboxylic acids is 1. The third kappa shape index (κ3) is 4.91. The number of rotatable bonds is 7. The monoisotopic (exact) mass is 429 g/mol. The quantitative estimate of drug-likeness (QED) is 0.362. The summed E-state index contributed by atoms with van der Waals surface area (Å²) in [5.41, 5.74) is 4.82. The van der Waals surface area contributed by atoms with Gasteiger partial charge in [0.05, 0.1) is 30.4 Å². The highest BCUT2D eigenvalue weighted by molar-refractivity contribution is 6.08. The van der Waals surface area contributed by atoms with E-state index in [4.69, 9.17) is 14.5 Å². The highest BCUT2D eigenvalue weighted by Gasteiger charge is 2.11. The Hall–Kier alpha value is -3.80. The number of hydrogen-bond acceptors (Lipinski definition) is 5. The lowest BCUT2D eigenvalue weighted by molar-refractivity contribution is 0.145. The number of anilines is 2. The number of methoxy groups -OCH3 is 1. The molecule has 0 radical (unpaired) electrons. The van der Waals surface area contributed by atoms with E-state index < -0.39 is 0 Å². The maximum absolute atomic E-state index is 11.7. The van der Waals surface area contributed by atoms with Gasteiger partial charge in [0.2, 0.25) is 0 Å². The number of pyridine rings is 1. The average Bonchev–Trinajstić information content (AvgIpc) is 2.78. The molecular weight excluding hydrogens is 402 g/mol. The van der Waals surface area contributed by atoms with Crippen molar-refractivity contribution in [1.82, 2.24) is 10.3 Å². The number of carbonyl (C=O) groups is 1. The van der Waals surface area contributed by atoms with Crippen LogP contribution in [-0.4, -0.2) is 30.8 Å². The SMILES string of the molecule is COc1ccc2c(Nc3cccc(CCOC(=O)NC(C)C)c3)c3ccccc3nc2c1. The molecule has 6 nitrogen and oxygen atoms in total. The number of hydrogen-bond donors (Lipinski definition) is 2. The van der Waals surface area contributed by atoms with Crippen LogP contribution >= 0.6 is 0 Å². The van der Waals surface area contributed by atoms with E-state index in [2.05, 4.69) is 22.8 Å². The number of para-hydroxylation sites is 1. The van der Waals surface area contributed by atoms with Gasteiger partial charge in [0, 0.05) is 35.0 Å². The maximum atomic E-state index is 11.7. The molecule has 6 heteroatoms. The second-order valence-electron chi connectivity index (χ2n) is 7.90. The molecule has 0 saturated heterocycles. The van der Waals surface area contributed by atoms with Crippen LogP contribution in [0.15, 0.2) is 66.7 Å². The summed E-state index contributed by atoms with van der Waals surface area (Å²) in [5.74, 6) is 0.773. The summed E-state index contributed by atoms with van der Waals surface area (Å²) in [7, 11) is 1.66. The molecule has 32 heavy (non-hydrogen) atoms. The summed E-state index contributed by atoms with van der Waals surface area (Å²) in [6.07, 6.45) is 0.246. The zero-order valence-electron chi connectivity index (χ0n) is 18.5. The normalized spacial score (nSPS) is 11.0. The molecule has 1 amide bonds. The van der Waals surface area contributed by atoms with Crippen molar-refractivity contribution in [1.29, 1.82) is 0 Å². The van der Waals surface area contributed by atoms with Crippen LogP contribution in [0.2, 0.25) is 0 Å². The van der Waals surface area contributed by atoms with E-state index in [0.29, 0.717) is 13.0 Å². The molecule has 0 saturated carbocycles. The molecule has 0 atom stereocenters. The number of amides is 1. The number of ether oxygens (including phenoxy) is 2. The summed E-state index contributed by atoms with van der Waals surface area (Å²) >= 11 is 0. The largest absolute Gasteiger partial charge is 0.497 e. The van der Waals surface area contributed by atoms with E-state index in [1.54, 1.807) is 7.11 Å². The van der Waals surface area contributed by atoms with Crippen molar-refractivity contribution in [2.45, 2.75) is 26.3 Å². The number of fused-ring (bicyclic) bond motifs is 2. The minimum atomic E-state index is -0.389. The molecule has 4 aromatic rings. The molecule has 164 valence electrons. The van der Waals surface area contributed by atoms with Crippen LogP contribution in [0.3, 0.4) is 0 Å². The molecule has 4 rings (SSSR count). The lowest BCUT2D eigenvalue weighted by atomic mass is 10.1. The Morgan fingerprint density at radius 3 is 2.59 bits per heavy atom. The van der Waals surface area contributed by atoms with Crippen molar-refractivity contribution in [3.8, 4) is 5.75 Å². The van der Waals surface area contributed by atoms with Crippen molar-refractivity contribution in [3.63, 3.8) is 0 Å². The molecule has 0 aliphatic carbocycles. The molecule has 1 aromatic heterocycles. The van der Waals surface area contributed by atoms with Crippen LogP contribution in [0.5, 0.6) is 5.75 Å². The molecular formula is C26H27N3O3. The molecule has 0 fully saturated rings. The van der Waals surface area contributed by atoms with E-state index in [0.717, 1.165) is 44.5 Å². The van der Waals surface area contributed by atoms with Gasteiger partial charge in [0.15, 0.2) is 0 Å². The van der Waals surface area contributed by atoms with Crippen LogP contribution in [-0.2, 0) is 11.2 Å². The topological polar surface area (TPSA) is 72.5 Å². The van der Waals surface area contributed by atoms with E-state index in [1.165, 1.54) is 0 Å². The Morgan fingerprint density at radius 1 is 0.969 bits per heavy atom. The fraction of sp³-hybridized carbons (Fsp3) is 0.231. The van der Waals surface area contributed by atoms with Gasteiger partial charge >= 0.3 is 6.09 Å². The van der Waals surface area contributed by atoms with Gasteiger partial charge < -0.3 is 20.1 Å². The van der Waals surface area contributed by atoms with Crippen LogP contribution in [0.1, 0.15) is 19.4 Å². The first-order valence-electron chi connectivity index (χ1n) is 10.7. The van der Waals surface area contributed by atoms with Crippen molar-refractivity contribution in [2.24, 2.45) is 0 Å². The number of alkyl carbamates (subject to hydrolysis) is 1. The van der Waals surface area contributed by atoms with E-state index in [1.807, 2.05) is 68.4 Å². The molecule has 0 spiro atoms. The van der Waals surface area contributed by atoms with Crippen molar-refractivity contribution in [3.05, 3.63) is 72.3 Å². The first-order chi connectivity index (χ1) is 15.5. The van der Waals surface area contributed by atoms with Crippen LogP contribution in [0, 0.1) is 0 Å². The Morgan fingerprint density at radius 2 is 1.78 bits per heavy atom. The summed E-state index contributed by atoms with van der Waals surface area (Å²) in [4.78, 5) is 16.5. The Bertz CT molecular complexity index is 1250. The van der Waals surface area contributed by atoms with E-state index in [-0.39, 0.29) is 12.1 Å². The van der Waals surface area contributed by atoms with Crippen LogP contribution < -0.4 is 15.4 Å². The molecule has 0 unspecified atom stereocenters. The number of nitrogens with zero attached hydrogens (tertiary/aromatic N) is 1. The lowest BCUT2D eigenvalue weighted by Crippen LogP contribution is -2.31. The zero-order valence-corrected chi connectivity index (χ0v) is 18.5. The molecule has 0 aliphatic rings. The Kier molecular flexibility index (Phi) is 6.40. The summed E-state index contributed by atoms with van der Waals surface area (Å²) in [6.45, 7) is 4.13. The van der Waals surface area contributed by atoms with E-state index in [9.17, 15) is 4.79 Å². The molecule has 2 N–H and O–H groups in total. The van der Waals surface area contributed by atoms with Gasteiger partial charge in [-0.25, -0.2) is 9.78 Å². The predicted octanol–water partition coefficient (Wildman–Crippen LogP) is 5.82. The summed E-state index contributed by atoms with van der Waals surface area (Å²) < 4.78 is 10.6. The van der Waals surface area contributed by atoms with Crippen molar-refractivity contribution < 1.29 is 14.3 Å². The van der Waals surface area contributed by atoms with Crippen molar-refractivity contribution in [2.75, 3.05) is 19.0 Å². The third-order valence-electron chi connectivity index (χ3n) is 5.12.